The zero-order chi connectivity index (χ0) is 19.5. The summed E-state index contributed by atoms with van der Waals surface area (Å²) in [6.07, 6.45) is 9.02. The third-order valence-electron chi connectivity index (χ3n) is 6.25. The molecule has 5 heteroatoms. The van der Waals surface area contributed by atoms with E-state index in [-0.39, 0.29) is 18.1 Å². The highest BCUT2D eigenvalue weighted by atomic mass is 16.5. The number of benzene rings is 1. The van der Waals surface area contributed by atoms with Crippen LogP contribution in [0, 0.1) is 5.92 Å². The van der Waals surface area contributed by atoms with E-state index in [4.69, 9.17) is 9.15 Å². The highest BCUT2D eigenvalue weighted by molar-refractivity contribution is 5.82. The van der Waals surface area contributed by atoms with E-state index >= 15 is 0 Å². The average molecular weight is 383 g/mol. The largest absolute Gasteiger partial charge is 0.484 e. The number of fused-ring (bicyclic) bond motifs is 2. The Kier molecular flexibility index (Phi) is 5.69. The van der Waals surface area contributed by atoms with Gasteiger partial charge < -0.3 is 14.1 Å². The van der Waals surface area contributed by atoms with Crippen molar-refractivity contribution in [2.45, 2.75) is 64.3 Å². The molecule has 1 aliphatic carbocycles. The minimum atomic E-state index is -0.346. The summed E-state index contributed by atoms with van der Waals surface area (Å²) in [5, 5.41) is 0.932. The zero-order valence-corrected chi connectivity index (χ0v) is 16.6. The maximum absolute atomic E-state index is 12.8. The van der Waals surface area contributed by atoms with Crippen molar-refractivity contribution >= 4 is 16.9 Å². The van der Waals surface area contributed by atoms with Crippen LogP contribution in [0.15, 0.2) is 33.5 Å². The normalized spacial score (nSPS) is 22.1. The molecule has 2 fully saturated rings. The van der Waals surface area contributed by atoms with Gasteiger partial charge in [0.15, 0.2) is 6.61 Å². The number of hydrogen-bond acceptors (Lipinski definition) is 4. The zero-order valence-electron chi connectivity index (χ0n) is 16.6. The predicted molar refractivity (Wildman–Crippen MR) is 109 cm³/mol. The number of carbonyl (C=O) groups excluding carboxylic acids is 1. The first kappa shape index (κ1) is 19.0. The van der Waals surface area contributed by atoms with Crippen molar-refractivity contribution in [1.29, 1.82) is 0 Å². The molecular weight excluding hydrogens is 354 g/mol. The molecule has 1 aromatic heterocycles. The number of hydrogen-bond donors (Lipinski definition) is 0. The summed E-state index contributed by atoms with van der Waals surface area (Å²) < 4.78 is 11.1. The molecule has 0 N–H and O–H groups in total. The number of ether oxygens (including phenoxy) is 1. The molecule has 0 bridgehead atoms. The van der Waals surface area contributed by atoms with E-state index in [1.54, 1.807) is 12.1 Å². The van der Waals surface area contributed by atoms with Crippen molar-refractivity contribution in [3.63, 3.8) is 0 Å². The third kappa shape index (κ3) is 3.94. The number of likely N-dealkylation sites (tertiary alicyclic amines) is 1. The minimum Gasteiger partial charge on any atom is -0.484 e. The molecule has 28 heavy (non-hydrogen) atoms. The number of piperidine rings is 1. The Labute approximate surface area is 165 Å². The van der Waals surface area contributed by atoms with Crippen LogP contribution < -0.4 is 10.4 Å². The fraction of sp³-hybridized carbons (Fsp3) is 0.565. The van der Waals surface area contributed by atoms with Crippen LogP contribution in [-0.2, 0) is 11.2 Å². The van der Waals surface area contributed by atoms with Gasteiger partial charge in [-0.25, -0.2) is 4.79 Å². The van der Waals surface area contributed by atoms with E-state index in [1.807, 2.05) is 17.0 Å². The van der Waals surface area contributed by atoms with Crippen LogP contribution in [-0.4, -0.2) is 30.0 Å². The van der Waals surface area contributed by atoms with E-state index < -0.39 is 0 Å². The minimum absolute atomic E-state index is 0.0353. The summed E-state index contributed by atoms with van der Waals surface area (Å²) in [4.78, 5) is 26.7. The summed E-state index contributed by atoms with van der Waals surface area (Å²) in [7, 11) is 0. The van der Waals surface area contributed by atoms with Crippen molar-refractivity contribution in [1.82, 2.24) is 4.90 Å². The molecule has 1 aliphatic heterocycles. The Morgan fingerprint density at radius 1 is 1.18 bits per heavy atom. The Morgan fingerprint density at radius 2 is 2.00 bits per heavy atom. The smallest absolute Gasteiger partial charge is 0.336 e. The first-order chi connectivity index (χ1) is 13.7. The Balaban J connectivity index is 1.46. The standard InChI is InChI=1S/C23H29NO4/c1-2-6-17-13-23(26)28-21-14-18(10-11-19(17)21)27-15-22(25)24-12-5-8-16-7-3-4-9-20(16)24/h10-11,13-14,16,20H,2-9,12,15H2,1H3. The van der Waals surface area contributed by atoms with E-state index in [9.17, 15) is 9.59 Å². The van der Waals surface area contributed by atoms with Gasteiger partial charge in [-0.05, 0) is 55.7 Å². The third-order valence-corrected chi connectivity index (χ3v) is 6.25. The van der Waals surface area contributed by atoms with Gasteiger partial charge in [-0.3, -0.25) is 4.79 Å². The topological polar surface area (TPSA) is 59.8 Å². The molecular formula is C23H29NO4. The van der Waals surface area contributed by atoms with Crippen molar-refractivity contribution in [2.24, 2.45) is 5.92 Å². The van der Waals surface area contributed by atoms with Gasteiger partial charge in [0, 0.05) is 30.1 Å². The fourth-order valence-corrected chi connectivity index (χ4v) is 4.94. The molecule has 2 aliphatic rings. The second kappa shape index (κ2) is 8.38. The van der Waals surface area contributed by atoms with Crippen LogP contribution in [0.25, 0.3) is 11.0 Å². The summed E-state index contributed by atoms with van der Waals surface area (Å²) >= 11 is 0. The van der Waals surface area contributed by atoms with Crippen LogP contribution in [0.4, 0.5) is 0 Å². The molecule has 2 atom stereocenters. The maximum atomic E-state index is 12.8. The molecule has 0 radical (unpaired) electrons. The molecule has 2 unspecified atom stereocenters. The van der Waals surface area contributed by atoms with Gasteiger partial charge >= 0.3 is 5.63 Å². The van der Waals surface area contributed by atoms with E-state index in [0.29, 0.717) is 23.3 Å². The highest BCUT2D eigenvalue weighted by Gasteiger charge is 2.35. The van der Waals surface area contributed by atoms with Gasteiger partial charge in [-0.15, -0.1) is 0 Å². The number of amides is 1. The molecule has 1 aromatic carbocycles. The monoisotopic (exact) mass is 383 g/mol. The first-order valence-corrected chi connectivity index (χ1v) is 10.6. The van der Waals surface area contributed by atoms with Crippen LogP contribution in [0.5, 0.6) is 5.75 Å². The number of carbonyl (C=O) groups is 1. The van der Waals surface area contributed by atoms with E-state index in [1.165, 1.54) is 25.7 Å². The van der Waals surface area contributed by atoms with Crippen LogP contribution >= 0.6 is 0 Å². The summed E-state index contributed by atoms with van der Waals surface area (Å²) in [6, 6.07) is 7.45. The summed E-state index contributed by atoms with van der Waals surface area (Å²) in [6.45, 7) is 2.96. The lowest BCUT2D eigenvalue weighted by Gasteiger charge is -2.44. The molecule has 0 spiro atoms. The Hall–Kier alpha value is -2.30. The van der Waals surface area contributed by atoms with Gasteiger partial charge in [-0.1, -0.05) is 26.2 Å². The number of nitrogens with zero attached hydrogens (tertiary/aromatic N) is 1. The second-order valence-corrected chi connectivity index (χ2v) is 8.13. The molecule has 1 saturated heterocycles. The van der Waals surface area contributed by atoms with Crippen LogP contribution in [0.1, 0.15) is 57.4 Å². The highest BCUT2D eigenvalue weighted by Crippen LogP contribution is 2.35. The summed E-state index contributed by atoms with van der Waals surface area (Å²) in [5.74, 6) is 1.30. The SMILES string of the molecule is CCCc1cc(=O)oc2cc(OCC(=O)N3CCCC4CCCCC43)ccc12. The lowest BCUT2D eigenvalue weighted by Crippen LogP contribution is -2.51. The van der Waals surface area contributed by atoms with Crippen molar-refractivity contribution < 1.29 is 13.9 Å². The molecule has 1 saturated carbocycles. The lowest BCUT2D eigenvalue weighted by molar-refractivity contribution is -0.139. The van der Waals surface area contributed by atoms with Gasteiger partial charge in [0.25, 0.3) is 5.91 Å². The number of rotatable bonds is 5. The van der Waals surface area contributed by atoms with E-state index in [0.717, 1.165) is 43.2 Å². The molecule has 5 nitrogen and oxygen atoms in total. The lowest BCUT2D eigenvalue weighted by atomic mass is 9.78. The predicted octanol–water partition coefficient (Wildman–Crippen LogP) is 4.31. The van der Waals surface area contributed by atoms with Crippen molar-refractivity contribution in [3.05, 3.63) is 40.2 Å². The van der Waals surface area contributed by atoms with Crippen molar-refractivity contribution in [2.75, 3.05) is 13.2 Å². The maximum Gasteiger partial charge on any atom is 0.336 e. The molecule has 2 heterocycles. The molecule has 4 rings (SSSR count). The fourth-order valence-electron chi connectivity index (χ4n) is 4.94. The van der Waals surface area contributed by atoms with Crippen molar-refractivity contribution in [3.8, 4) is 5.75 Å². The van der Waals surface area contributed by atoms with Gasteiger partial charge in [0.2, 0.25) is 0 Å². The Bertz CT molecular complexity index is 901. The van der Waals surface area contributed by atoms with Gasteiger partial charge in [-0.2, -0.15) is 0 Å². The molecule has 2 aromatic rings. The second-order valence-electron chi connectivity index (χ2n) is 8.13. The first-order valence-electron chi connectivity index (χ1n) is 10.6. The molecule has 150 valence electrons. The summed E-state index contributed by atoms with van der Waals surface area (Å²) in [5.41, 5.74) is 1.17. The van der Waals surface area contributed by atoms with Crippen LogP contribution in [0.2, 0.25) is 0 Å². The quantitative estimate of drug-likeness (QED) is 0.722. The van der Waals surface area contributed by atoms with E-state index in [2.05, 4.69) is 6.92 Å². The van der Waals surface area contributed by atoms with Gasteiger partial charge in [0.1, 0.15) is 11.3 Å². The number of aryl methyl sites for hydroxylation is 1. The Morgan fingerprint density at radius 3 is 2.86 bits per heavy atom. The average Bonchev–Trinajstić information content (AvgIpc) is 2.71. The van der Waals surface area contributed by atoms with Gasteiger partial charge in [0.05, 0.1) is 0 Å². The molecule has 1 amide bonds. The van der Waals surface area contributed by atoms with Crippen LogP contribution in [0.3, 0.4) is 0 Å².